The number of amides is 1. The molecule has 0 aromatic heterocycles. The molecule has 19 heavy (non-hydrogen) atoms. The Hall–Kier alpha value is -1.39. The van der Waals surface area contributed by atoms with Gasteiger partial charge in [0.05, 0.1) is 6.42 Å². The summed E-state index contributed by atoms with van der Waals surface area (Å²) in [6.07, 6.45) is 2.83. The van der Waals surface area contributed by atoms with Crippen LogP contribution in [0.2, 0.25) is 0 Å². The molecule has 2 heterocycles. The Labute approximate surface area is 114 Å². The molecular weight excluding hydrogens is 238 g/mol. The van der Waals surface area contributed by atoms with Crippen molar-refractivity contribution in [2.75, 3.05) is 32.0 Å². The van der Waals surface area contributed by atoms with Crippen molar-refractivity contribution in [3.63, 3.8) is 0 Å². The van der Waals surface area contributed by atoms with E-state index < -0.39 is 0 Å². The van der Waals surface area contributed by atoms with Gasteiger partial charge < -0.3 is 15.5 Å². The number of benzene rings is 1. The van der Waals surface area contributed by atoms with Gasteiger partial charge in [-0.15, -0.1) is 0 Å². The number of likely N-dealkylation sites (N-methyl/N-ethyl adjacent to an activating group) is 1. The highest BCUT2D eigenvalue weighted by Crippen LogP contribution is 2.24. The van der Waals surface area contributed by atoms with Crippen LogP contribution in [0, 0.1) is 0 Å². The fourth-order valence-electron chi connectivity index (χ4n) is 2.94. The van der Waals surface area contributed by atoms with Crippen molar-refractivity contribution in [2.45, 2.75) is 25.3 Å². The predicted octanol–water partition coefficient (Wildman–Crippen LogP) is 1.02. The van der Waals surface area contributed by atoms with Crippen LogP contribution in [0.1, 0.15) is 17.5 Å². The Morgan fingerprint density at radius 2 is 2.32 bits per heavy atom. The van der Waals surface area contributed by atoms with Crippen molar-refractivity contribution >= 4 is 11.6 Å². The topological polar surface area (TPSA) is 44.4 Å². The Morgan fingerprint density at radius 3 is 3.11 bits per heavy atom. The lowest BCUT2D eigenvalue weighted by atomic mass is 10.1. The lowest BCUT2D eigenvalue weighted by Crippen LogP contribution is -2.34. The van der Waals surface area contributed by atoms with Crippen LogP contribution < -0.4 is 10.6 Å². The molecule has 1 unspecified atom stereocenters. The van der Waals surface area contributed by atoms with Gasteiger partial charge in [0, 0.05) is 24.8 Å². The van der Waals surface area contributed by atoms with Crippen LogP contribution in [0.3, 0.4) is 0 Å². The smallest absolute Gasteiger partial charge is 0.228 e. The first kappa shape index (κ1) is 12.6. The molecule has 0 saturated carbocycles. The van der Waals surface area contributed by atoms with Gasteiger partial charge in [0.25, 0.3) is 0 Å². The van der Waals surface area contributed by atoms with Gasteiger partial charge in [0.15, 0.2) is 0 Å². The normalized spacial score (nSPS) is 21.8. The number of hydrogen-bond acceptors (Lipinski definition) is 3. The van der Waals surface area contributed by atoms with Gasteiger partial charge in [-0.3, -0.25) is 4.79 Å². The Morgan fingerprint density at radius 1 is 1.42 bits per heavy atom. The molecule has 1 fully saturated rings. The summed E-state index contributed by atoms with van der Waals surface area (Å²) in [6, 6.07) is 7.02. The summed E-state index contributed by atoms with van der Waals surface area (Å²) in [5.41, 5.74) is 3.46. The molecule has 4 nitrogen and oxygen atoms in total. The molecule has 2 aliphatic rings. The molecule has 1 atom stereocenters. The first-order valence-electron chi connectivity index (χ1n) is 7.05. The highest BCUT2D eigenvalue weighted by Gasteiger charge is 2.20. The van der Waals surface area contributed by atoms with Gasteiger partial charge in [0.1, 0.15) is 0 Å². The maximum absolute atomic E-state index is 11.3. The van der Waals surface area contributed by atoms with Gasteiger partial charge in [-0.25, -0.2) is 0 Å². The second-order valence-electron chi connectivity index (χ2n) is 5.59. The van der Waals surface area contributed by atoms with Crippen molar-refractivity contribution in [1.29, 1.82) is 0 Å². The van der Waals surface area contributed by atoms with Crippen LogP contribution in [0.4, 0.5) is 5.69 Å². The third-order valence-corrected chi connectivity index (χ3v) is 4.21. The highest BCUT2D eigenvalue weighted by atomic mass is 16.1. The molecule has 4 heteroatoms. The summed E-state index contributed by atoms with van der Waals surface area (Å²) in [5.74, 6) is 0.112. The largest absolute Gasteiger partial charge is 0.326 e. The maximum atomic E-state index is 11.3. The monoisotopic (exact) mass is 259 g/mol. The standard InChI is InChI=1S/C15H21N3O/c1-18(13-4-6-16-10-13)7-5-11-2-3-14-12(8-11)9-15(19)17-14/h2-3,8,13,16H,4-7,9-10H2,1H3,(H,17,19). The number of anilines is 1. The number of carbonyl (C=O) groups is 1. The molecule has 0 spiro atoms. The SMILES string of the molecule is CN(CCc1ccc2c(c1)CC(=O)N2)C1CCNC1. The van der Waals surface area contributed by atoms with E-state index >= 15 is 0 Å². The molecule has 102 valence electrons. The molecule has 1 saturated heterocycles. The summed E-state index contributed by atoms with van der Waals surface area (Å²) in [4.78, 5) is 13.8. The molecule has 2 aliphatic heterocycles. The minimum atomic E-state index is 0.112. The van der Waals surface area contributed by atoms with Crippen LogP contribution in [0.25, 0.3) is 0 Å². The van der Waals surface area contributed by atoms with Crippen LogP contribution >= 0.6 is 0 Å². The second kappa shape index (κ2) is 5.31. The second-order valence-corrected chi connectivity index (χ2v) is 5.59. The van der Waals surface area contributed by atoms with Crippen LogP contribution in [-0.2, 0) is 17.6 Å². The number of nitrogens with one attached hydrogen (secondary N) is 2. The van der Waals surface area contributed by atoms with Crippen molar-refractivity contribution in [2.24, 2.45) is 0 Å². The average Bonchev–Trinajstić information content (AvgIpc) is 3.03. The van der Waals surface area contributed by atoms with Crippen LogP contribution in [-0.4, -0.2) is 43.5 Å². The van der Waals surface area contributed by atoms with E-state index in [-0.39, 0.29) is 5.91 Å². The Balaban J connectivity index is 1.58. The fraction of sp³-hybridized carbons (Fsp3) is 0.533. The predicted molar refractivity (Wildman–Crippen MR) is 76.4 cm³/mol. The summed E-state index contributed by atoms with van der Waals surface area (Å²) in [7, 11) is 2.20. The molecule has 1 aromatic carbocycles. The van der Waals surface area contributed by atoms with Gasteiger partial charge in [-0.1, -0.05) is 12.1 Å². The number of carbonyl (C=O) groups excluding carboxylic acids is 1. The fourth-order valence-corrected chi connectivity index (χ4v) is 2.94. The lowest BCUT2D eigenvalue weighted by Gasteiger charge is -2.23. The number of nitrogens with zero attached hydrogens (tertiary/aromatic N) is 1. The van der Waals surface area contributed by atoms with Crippen molar-refractivity contribution < 1.29 is 4.79 Å². The maximum Gasteiger partial charge on any atom is 0.228 e. The van der Waals surface area contributed by atoms with Crippen molar-refractivity contribution in [3.05, 3.63) is 29.3 Å². The number of rotatable bonds is 4. The average molecular weight is 259 g/mol. The molecule has 0 bridgehead atoms. The highest BCUT2D eigenvalue weighted by molar-refractivity contribution is 5.99. The van der Waals surface area contributed by atoms with E-state index in [1.54, 1.807) is 0 Å². The molecule has 3 rings (SSSR count). The van der Waals surface area contributed by atoms with E-state index in [9.17, 15) is 4.79 Å². The quantitative estimate of drug-likeness (QED) is 0.848. The van der Waals surface area contributed by atoms with E-state index in [0.717, 1.165) is 37.3 Å². The summed E-state index contributed by atoms with van der Waals surface area (Å²) >= 11 is 0. The summed E-state index contributed by atoms with van der Waals surface area (Å²) < 4.78 is 0. The van der Waals surface area contributed by atoms with Crippen LogP contribution in [0.5, 0.6) is 0 Å². The van der Waals surface area contributed by atoms with E-state index in [4.69, 9.17) is 0 Å². The lowest BCUT2D eigenvalue weighted by molar-refractivity contribution is -0.115. The zero-order valence-electron chi connectivity index (χ0n) is 11.4. The Kier molecular flexibility index (Phi) is 3.53. The van der Waals surface area contributed by atoms with E-state index in [1.165, 1.54) is 12.0 Å². The van der Waals surface area contributed by atoms with E-state index in [2.05, 4.69) is 34.7 Å². The molecule has 2 N–H and O–H groups in total. The molecule has 1 aromatic rings. The minimum absolute atomic E-state index is 0.112. The first-order chi connectivity index (χ1) is 9.22. The number of fused-ring (bicyclic) bond motifs is 1. The van der Waals surface area contributed by atoms with Gasteiger partial charge in [-0.05, 0) is 43.6 Å². The van der Waals surface area contributed by atoms with Gasteiger partial charge in [-0.2, -0.15) is 0 Å². The zero-order chi connectivity index (χ0) is 13.2. The van der Waals surface area contributed by atoms with Crippen molar-refractivity contribution in [3.8, 4) is 0 Å². The molecular formula is C15H21N3O. The van der Waals surface area contributed by atoms with Gasteiger partial charge in [0.2, 0.25) is 5.91 Å². The van der Waals surface area contributed by atoms with Crippen LogP contribution in [0.15, 0.2) is 18.2 Å². The molecule has 0 aliphatic carbocycles. The molecule has 0 radical (unpaired) electrons. The Bertz CT molecular complexity index is 480. The van der Waals surface area contributed by atoms with Crippen molar-refractivity contribution in [1.82, 2.24) is 10.2 Å². The summed E-state index contributed by atoms with van der Waals surface area (Å²) in [6.45, 7) is 3.33. The minimum Gasteiger partial charge on any atom is -0.326 e. The third-order valence-electron chi connectivity index (χ3n) is 4.21. The van der Waals surface area contributed by atoms with E-state index in [1.807, 2.05) is 6.07 Å². The number of hydrogen-bond donors (Lipinski definition) is 2. The molecule has 1 amide bonds. The van der Waals surface area contributed by atoms with Gasteiger partial charge >= 0.3 is 0 Å². The summed E-state index contributed by atoms with van der Waals surface area (Å²) in [5, 5.41) is 6.28. The third kappa shape index (κ3) is 2.80. The van der Waals surface area contributed by atoms with E-state index in [0.29, 0.717) is 12.5 Å². The first-order valence-corrected chi connectivity index (χ1v) is 7.05. The zero-order valence-corrected chi connectivity index (χ0v) is 11.4.